The standard InChI is InChI=1S/C15H18ClN3O.C8H12N2O/c1-4-5-6-13(17-3)14-10(2)18-15-12(16)7-11(9-20)8-19(14)15;1-3-9-7-4-5-8(11-2)10-6-7/h6-8,20H,3-5,9H2,1-2H3;4-6,9H,3H2,1-2H3/b13-6-;. The first-order chi connectivity index (χ1) is 15.0. The van der Waals surface area contributed by atoms with Crippen LogP contribution in [0.25, 0.3) is 11.3 Å². The van der Waals surface area contributed by atoms with Crippen LogP contribution >= 0.6 is 11.6 Å². The number of halogens is 1. The number of hydrogen-bond donors (Lipinski definition) is 2. The lowest BCUT2D eigenvalue weighted by molar-refractivity contribution is 0.281. The molecule has 0 atom stereocenters. The minimum atomic E-state index is -0.0676. The fourth-order valence-electron chi connectivity index (χ4n) is 2.99. The van der Waals surface area contributed by atoms with Gasteiger partial charge in [0.25, 0.3) is 0 Å². The highest BCUT2D eigenvalue weighted by atomic mass is 35.5. The molecule has 0 saturated carbocycles. The summed E-state index contributed by atoms with van der Waals surface area (Å²) in [6, 6.07) is 5.50. The second-order valence-electron chi connectivity index (χ2n) is 6.75. The molecule has 0 aliphatic rings. The van der Waals surface area contributed by atoms with E-state index in [1.165, 1.54) is 0 Å². The van der Waals surface area contributed by atoms with Gasteiger partial charge in [-0.15, -0.1) is 0 Å². The number of unbranched alkanes of at least 4 members (excludes halogenated alkanes) is 1. The molecule has 31 heavy (non-hydrogen) atoms. The third kappa shape index (κ3) is 6.29. The Morgan fingerprint density at radius 2 is 2.16 bits per heavy atom. The predicted octanol–water partition coefficient (Wildman–Crippen LogP) is 5.15. The van der Waals surface area contributed by atoms with Crippen molar-refractivity contribution in [3.8, 4) is 5.88 Å². The van der Waals surface area contributed by atoms with Crippen LogP contribution in [-0.4, -0.2) is 39.8 Å². The lowest BCUT2D eigenvalue weighted by atomic mass is 10.2. The highest BCUT2D eigenvalue weighted by Crippen LogP contribution is 2.27. The van der Waals surface area contributed by atoms with E-state index in [0.29, 0.717) is 16.5 Å². The molecule has 7 nitrogen and oxygen atoms in total. The van der Waals surface area contributed by atoms with Crippen LogP contribution in [0.1, 0.15) is 43.6 Å². The average Bonchev–Trinajstić information content (AvgIpc) is 3.12. The summed E-state index contributed by atoms with van der Waals surface area (Å²) >= 11 is 6.22. The molecular formula is C23H30ClN5O2. The van der Waals surface area contributed by atoms with Gasteiger partial charge < -0.3 is 15.2 Å². The highest BCUT2D eigenvalue weighted by Gasteiger charge is 2.15. The first-order valence-electron chi connectivity index (χ1n) is 10.2. The van der Waals surface area contributed by atoms with E-state index in [4.69, 9.17) is 16.3 Å². The smallest absolute Gasteiger partial charge is 0.213 e. The highest BCUT2D eigenvalue weighted by molar-refractivity contribution is 6.33. The van der Waals surface area contributed by atoms with Crippen molar-refractivity contribution in [3.63, 3.8) is 0 Å². The Labute approximate surface area is 188 Å². The van der Waals surface area contributed by atoms with Gasteiger partial charge in [0.2, 0.25) is 5.88 Å². The van der Waals surface area contributed by atoms with Crippen LogP contribution in [-0.2, 0) is 6.61 Å². The van der Waals surface area contributed by atoms with E-state index >= 15 is 0 Å². The molecule has 3 heterocycles. The Hall–Kier alpha value is -2.90. The number of imidazole rings is 1. The Morgan fingerprint density at radius 3 is 2.71 bits per heavy atom. The molecule has 0 radical (unpaired) electrons. The lowest BCUT2D eigenvalue weighted by Gasteiger charge is -2.06. The summed E-state index contributed by atoms with van der Waals surface area (Å²) in [4.78, 5) is 12.6. The fourth-order valence-corrected chi connectivity index (χ4v) is 3.27. The zero-order valence-electron chi connectivity index (χ0n) is 18.5. The number of rotatable bonds is 8. The summed E-state index contributed by atoms with van der Waals surface area (Å²) < 4.78 is 6.78. The number of aryl methyl sites for hydroxylation is 1. The lowest BCUT2D eigenvalue weighted by Crippen LogP contribution is -1.96. The fraction of sp³-hybridized carbons (Fsp3) is 0.348. The molecule has 0 aromatic carbocycles. The Kier molecular flexibility index (Phi) is 9.49. The molecule has 3 aromatic heterocycles. The number of fused-ring (bicyclic) bond motifs is 1. The molecule has 0 amide bonds. The van der Waals surface area contributed by atoms with Crippen LogP contribution in [0.3, 0.4) is 0 Å². The van der Waals surface area contributed by atoms with E-state index < -0.39 is 0 Å². The van der Waals surface area contributed by atoms with E-state index in [1.54, 1.807) is 19.4 Å². The third-order valence-electron chi connectivity index (χ3n) is 4.45. The molecule has 166 valence electrons. The van der Waals surface area contributed by atoms with Gasteiger partial charge >= 0.3 is 0 Å². The third-order valence-corrected chi connectivity index (χ3v) is 4.73. The van der Waals surface area contributed by atoms with Crippen LogP contribution in [0.2, 0.25) is 5.02 Å². The summed E-state index contributed by atoms with van der Waals surface area (Å²) in [5.74, 6) is 0.645. The first-order valence-corrected chi connectivity index (χ1v) is 10.6. The van der Waals surface area contributed by atoms with Gasteiger partial charge in [-0.3, -0.25) is 9.39 Å². The van der Waals surface area contributed by atoms with E-state index in [2.05, 4.69) is 33.9 Å². The zero-order chi connectivity index (χ0) is 22.8. The van der Waals surface area contributed by atoms with Gasteiger partial charge in [-0.1, -0.05) is 31.0 Å². The van der Waals surface area contributed by atoms with E-state index in [0.717, 1.165) is 47.7 Å². The van der Waals surface area contributed by atoms with Gasteiger partial charge in [-0.2, -0.15) is 0 Å². The summed E-state index contributed by atoms with van der Waals surface area (Å²) in [6.07, 6.45) is 7.60. The average molecular weight is 444 g/mol. The van der Waals surface area contributed by atoms with Crippen LogP contribution in [0.4, 0.5) is 5.69 Å². The van der Waals surface area contributed by atoms with Gasteiger partial charge in [0.1, 0.15) is 0 Å². The van der Waals surface area contributed by atoms with Gasteiger partial charge in [0.05, 0.1) is 47.7 Å². The number of aliphatic hydroxyl groups is 1. The summed E-state index contributed by atoms with van der Waals surface area (Å²) in [7, 11) is 1.61. The maximum atomic E-state index is 9.31. The summed E-state index contributed by atoms with van der Waals surface area (Å²) in [5, 5.41) is 13.0. The van der Waals surface area contributed by atoms with Crippen molar-refractivity contribution in [2.24, 2.45) is 4.99 Å². The molecule has 3 rings (SSSR count). The molecule has 0 bridgehead atoms. The molecule has 0 unspecified atom stereocenters. The minimum absolute atomic E-state index is 0.0676. The number of allylic oxidation sites excluding steroid dienone is 1. The number of pyridine rings is 2. The molecule has 8 heteroatoms. The Balaban J connectivity index is 0.000000262. The van der Waals surface area contributed by atoms with Crippen LogP contribution < -0.4 is 10.1 Å². The SMILES string of the molecule is C=N/C(=C\CCC)c1c(C)nc2c(Cl)cc(CO)cn12.CCNc1ccc(OC)nc1. The monoisotopic (exact) mass is 443 g/mol. The van der Waals surface area contributed by atoms with Crippen molar-refractivity contribution >= 4 is 35.4 Å². The topological polar surface area (TPSA) is 84.0 Å². The summed E-state index contributed by atoms with van der Waals surface area (Å²) in [6.45, 7) is 10.6. The predicted molar refractivity (Wildman–Crippen MR) is 128 cm³/mol. The van der Waals surface area contributed by atoms with Crippen molar-refractivity contribution in [3.05, 3.63) is 58.6 Å². The number of hydrogen-bond acceptors (Lipinski definition) is 6. The van der Waals surface area contributed by atoms with Crippen molar-refractivity contribution in [2.45, 2.75) is 40.2 Å². The number of ether oxygens (including phenoxy) is 1. The van der Waals surface area contributed by atoms with Gasteiger partial charge in [0.15, 0.2) is 5.65 Å². The van der Waals surface area contributed by atoms with Crippen LogP contribution in [0, 0.1) is 6.92 Å². The minimum Gasteiger partial charge on any atom is -0.481 e. The van der Waals surface area contributed by atoms with Crippen LogP contribution in [0.5, 0.6) is 5.88 Å². The molecule has 3 aromatic rings. The molecular weight excluding hydrogens is 414 g/mol. The van der Waals surface area contributed by atoms with Gasteiger partial charge in [-0.05, 0) is 44.7 Å². The van der Waals surface area contributed by atoms with Crippen molar-refractivity contribution in [1.29, 1.82) is 0 Å². The molecule has 2 N–H and O–H groups in total. The molecule has 0 fully saturated rings. The molecule has 0 spiro atoms. The second kappa shape index (κ2) is 12.1. The van der Waals surface area contributed by atoms with E-state index in [1.807, 2.05) is 42.7 Å². The van der Waals surface area contributed by atoms with Gasteiger partial charge in [0, 0.05) is 18.8 Å². The molecule has 0 aliphatic heterocycles. The maximum absolute atomic E-state index is 9.31. The number of methoxy groups -OCH3 is 1. The number of nitrogens with zero attached hydrogens (tertiary/aromatic N) is 4. The zero-order valence-corrected chi connectivity index (χ0v) is 19.3. The normalized spacial score (nSPS) is 11.1. The first kappa shape index (κ1) is 24.4. The Bertz CT molecular complexity index is 1030. The van der Waals surface area contributed by atoms with Crippen LogP contribution in [0.15, 0.2) is 41.7 Å². The summed E-state index contributed by atoms with van der Waals surface area (Å²) in [5.41, 5.74) is 4.94. The van der Waals surface area contributed by atoms with E-state index in [-0.39, 0.29) is 6.61 Å². The largest absolute Gasteiger partial charge is 0.481 e. The van der Waals surface area contributed by atoms with E-state index in [9.17, 15) is 5.11 Å². The van der Waals surface area contributed by atoms with Crippen molar-refractivity contribution in [2.75, 3.05) is 19.0 Å². The maximum Gasteiger partial charge on any atom is 0.213 e. The quantitative estimate of drug-likeness (QED) is 0.470. The number of aromatic nitrogens is 3. The molecule has 0 saturated heterocycles. The number of anilines is 1. The number of aliphatic imine (C=N–C) groups is 1. The van der Waals surface area contributed by atoms with Crippen molar-refractivity contribution in [1.82, 2.24) is 14.4 Å². The number of aliphatic hydroxyl groups excluding tert-OH is 1. The molecule has 0 aliphatic carbocycles. The second-order valence-corrected chi connectivity index (χ2v) is 7.16. The Morgan fingerprint density at radius 1 is 1.39 bits per heavy atom. The van der Waals surface area contributed by atoms with Crippen molar-refractivity contribution < 1.29 is 9.84 Å². The number of nitrogens with one attached hydrogen (secondary N) is 1. The van der Waals surface area contributed by atoms with Gasteiger partial charge in [-0.25, -0.2) is 9.97 Å².